The number of pyridine rings is 1. The van der Waals surface area contributed by atoms with Crippen LogP contribution in [0.2, 0.25) is 0 Å². The van der Waals surface area contributed by atoms with E-state index in [1.807, 2.05) is 23.2 Å². The van der Waals surface area contributed by atoms with Crippen molar-refractivity contribution >= 4 is 17.6 Å². The van der Waals surface area contributed by atoms with E-state index in [1.54, 1.807) is 0 Å². The van der Waals surface area contributed by atoms with E-state index in [4.69, 9.17) is 0 Å². The van der Waals surface area contributed by atoms with Gasteiger partial charge >= 0.3 is 0 Å². The summed E-state index contributed by atoms with van der Waals surface area (Å²) in [5.41, 5.74) is 0.990. The smallest absolute Gasteiger partial charge is 0.222 e. The van der Waals surface area contributed by atoms with Crippen LogP contribution in [0.1, 0.15) is 51.5 Å². The summed E-state index contributed by atoms with van der Waals surface area (Å²) in [6, 6.07) is 4.05. The molecule has 29 heavy (non-hydrogen) atoms. The standard InChI is InChI=1S/C22H37N5O2/c1-4-11-27(12-5-2)22(29)8-6-7-21(28)24-18-19-9-10-20(23-17-19)26-15-13-25(3)14-16-26/h9-10,17H,4-8,11-16,18H2,1-3H3,(H,24,28). The number of likely N-dealkylation sites (N-methyl/N-ethyl adjacent to an activating group) is 1. The summed E-state index contributed by atoms with van der Waals surface area (Å²) in [4.78, 5) is 35.4. The average Bonchev–Trinajstić information content (AvgIpc) is 2.73. The van der Waals surface area contributed by atoms with Crippen LogP contribution in [0.3, 0.4) is 0 Å². The van der Waals surface area contributed by atoms with Crippen molar-refractivity contribution in [3.63, 3.8) is 0 Å². The zero-order valence-corrected chi connectivity index (χ0v) is 18.3. The normalized spacial score (nSPS) is 14.7. The van der Waals surface area contributed by atoms with Crippen LogP contribution < -0.4 is 10.2 Å². The number of carbonyl (C=O) groups excluding carboxylic acids is 2. The predicted molar refractivity (Wildman–Crippen MR) is 117 cm³/mol. The number of hydrogen-bond donors (Lipinski definition) is 1. The van der Waals surface area contributed by atoms with Crippen LogP contribution in [0.15, 0.2) is 18.3 Å². The van der Waals surface area contributed by atoms with Crippen molar-refractivity contribution in [1.82, 2.24) is 20.1 Å². The van der Waals surface area contributed by atoms with Gasteiger partial charge in [0.25, 0.3) is 0 Å². The Kier molecular flexibility index (Phi) is 9.91. The number of amides is 2. The van der Waals surface area contributed by atoms with Gasteiger partial charge in [-0.25, -0.2) is 4.98 Å². The van der Waals surface area contributed by atoms with E-state index >= 15 is 0 Å². The molecule has 1 fully saturated rings. The highest BCUT2D eigenvalue weighted by Gasteiger charge is 2.15. The summed E-state index contributed by atoms with van der Waals surface area (Å²) in [7, 11) is 2.14. The Bertz CT molecular complexity index is 621. The third-order valence-electron chi connectivity index (χ3n) is 5.26. The maximum Gasteiger partial charge on any atom is 0.222 e. The van der Waals surface area contributed by atoms with Crippen molar-refractivity contribution in [2.45, 2.75) is 52.5 Å². The number of anilines is 1. The van der Waals surface area contributed by atoms with Crippen molar-refractivity contribution in [2.24, 2.45) is 0 Å². The van der Waals surface area contributed by atoms with Gasteiger partial charge in [0.2, 0.25) is 11.8 Å². The van der Waals surface area contributed by atoms with Crippen LogP contribution in [0.25, 0.3) is 0 Å². The summed E-state index contributed by atoms with van der Waals surface area (Å²) < 4.78 is 0. The van der Waals surface area contributed by atoms with Crippen LogP contribution in [0.5, 0.6) is 0 Å². The lowest BCUT2D eigenvalue weighted by atomic mass is 10.2. The summed E-state index contributed by atoms with van der Waals surface area (Å²) >= 11 is 0. The van der Waals surface area contributed by atoms with E-state index in [1.165, 1.54) is 0 Å². The molecule has 162 valence electrons. The Balaban J connectivity index is 1.67. The summed E-state index contributed by atoms with van der Waals surface area (Å²) in [5.74, 6) is 1.14. The van der Waals surface area contributed by atoms with E-state index in [-0.39, 0.29) is 11.8 Å². The van der Waals surface area contributed by atoms with Crippen LogP contribution >= 0.6 is 0 Å². The molecule has 0 aliphatic carbocycles. The molecule has 0 spiro atoms. The van der Waals surface area contributed by atoms with Gasteiger partial charge in [-0.1, -0.05) is 19.9 Å². The molecule has 1 N–H and O–H groups in total. The molecule has 0 unspecified atom stereocenters. The minimum absolute atomic E-state index is 0.0153. The quantitative estimate of drug-likeness (QED) is 0.614. The fourth-order valence-electron chi connectivity index (χ4n) is 3.49. The first kappa shape index (κ1) is 23.1. The third-order valence-corrected chi connectivity index (χ3v) is 5.26. The third kappa shape index (κ3) is 8.01. The molecule has 0 radical (unpaired) electrons. The number of carbonyl (C=O) groups is 2. The number of piperazine rings is 1. The highest BCUT2D eigenvalue weighted by molar-refractivity contribution is 5.79. The summed E-state index contributed by atoms with van der Waals surface area (Å²) in [6.45, 7) is 10.3. The molecule has 1 aromatic heterocycles. The Labute approximate surface area is 175 Å². The molecule has 0 saturated carbocycles. The molecule has 0 bridgehead atoms. The molecule has 2 rings (SSSR count). The molecular weight excluding hydrogens is 366 g/mol. The number of hydrogen-bond acceptors (Lipinski definition) is 5. The topological polar surface area (TPSA) is 68.8 Å². The predicted octanol–water partition coefficient (Wildman–Crippen LogP) is 2.27. The van der Waals surface area contributed by atoms with Gasteiger partial charge in [-0.3, -0.25) is 9.59 Å². The van der Waals surface area contributed by atoms with E-state index in [2.05, 4.69) is 41.0 Å². The average molecular weight is 404 g/mol. The molecule has 2 amide bonds. The first-order valence-corrected chi connectivity index (χ1v) is 11.0. The second kappa shape index (κ2) is 12.4. The summed E-state index contributed by atoms with van der Waals surface area (Å²) in [5, 5.41) is 2.93. The summed E-state index contributed by atoms with van der Waals surface area (Å²) in [6.07, 6.45) is 5.18. The fourth-order valence-corrected chi connectivity index (χ4v) is 3.49. The number of rotatable bonds is 11. The van der Waals surface area contributed by atoms with Gasteiger partial charge in [0, 0.05) is 64.9 Å². The highest BCUT2D eigenvalue weighted by Crippen LogP contribution is 2.13. The molecule has 1 aliphatic rings. The molecule has 0 aromatic carbocycles. The minimum Gasteiger partial charge on any atom is -0.354 e. The first-order chi connectivity index (χ1) is 14.0. The number of nitrogens with zero attached hydrogens (tertiary/aromatic N) is 4. The Morgan fingerprint density at radius 1 is 1.07 bits per heavy atom. The van der Waals surface area contributed by atoms with Gasteiger partial charge < -0.3 is 20.0 Å². The number of aromatic nitrogens is 1. The van der Waals surface area contributed by atoms with Gasteiger partial charge in [-0.05, 0) is 37.9 Å². The zero-order chi connectivity index (χ0) is 21.1. The highest BCUT2D eigenvalue weighted by atomic mass is 16.2. The van der Waals surface area contributed by atoms with Gasteiger partial charge in [0.15, 0.2) is 0 Å². The zero-order valence-electron chi connectivity index (χ0n) is 18.3. The van der Waals surface area contributed by atoms with Crippen molar-refractivity contribution in [1.29, 1.82) is 0 Å². The lowest BCUT2D eigenvalue weighted by Crippen LogP contribution is -2.44. The van der Waals surface area contributed by atoms with Crippen molar-refractivity contribution in [3.05, 3.63) is 23.9 Å². The molecule has 7 heteroatoms. The first-order valence-electron chi connectivity index (χ1n) is 11.0. The fraction of sp³-hybridized carbons (Fsp3) is 0.682. The monoisotopic (exact) mass is 403 g/mol. The Hall–Kier alpha value is -2.15. The maximum atomic E-state index is 12.2. The SMILES string of the molecule is CCCN(CCC)C(=O)CCCC(=O)NCc1ccc(N2CCN(C)CC2)nc1. The molecule has 1 aliphatic heterocycles. The van der Waals surface area contributed by atoms with Gasteiger partial charge in [0.1, 0.15) is 5.82 Å². The van der Waals surface area contributed by atoms with E-state index in [0.717, 1.165) is 63.5 Å². The molecular formula is C22H37N5O2. The van der Waals surface area contributed by atoms with Gasteiger partial charge in [-0.2, -0.15) is 0 Å². The van der Waals surface area contributed by atoms with E-state index in [9.17, 15) is 9.59 Å². The largest absolute Gasteiger partial charge is 0.354 e. The van der Waals surface area contributed by atoms with E-state index in [0.29, 0.717) is 25.8 Å². The molecule has 0 atom stereocenters. The lowest BCUT2D eigenvalue weighted by Gasteiger charge is -2.33. The van der Waals surface area contributed by atoms with Crippen molar-refractivity contribution < 1.29 is 9.59 Å². The van der Waals surface area contributed by atoms with Crippen molar-refractivity contribution in [2.75, 3.05) is 51.2 Å². The number of nitrogens with one attached hydrogen (secondary N) is 1. The van der Waals surface area contributed by atoms with Crippen molar-refractivity contribution in [3.8, 4) is 0 Å². The van der Waals surface area contributed by atoms with Crippen LogP contribution in [-0.4, -0.2) is 72.9 Å². The maximum absolute atomic E-state index is 12.2. The Morgan fingerprint density at radius 2 is 1.76 bits per heavy atom. The minimum atomic E-state index is -0.0153. The molecule has 1 aromatic rings. The van der Waals surface area contributed by atoms with Gasteiger partial charge in [-0.15, -0.1) is 0 Å². The molecule has 7 nitrogen and oxygen atoms in total. The van der Waals surface area contributed by atoms with Crippen LogP contribution in [-0.2, 0) is 16.1 Å². The van der Waals surface area contributed by atoms with Crippen LogP contribution in [0, 0.1) is 0 Å². The van der Waals surface area contributed by atoms with Crippen LogP contribution in [0.4, 0.5) is 5.82 Å². The second-order valence-corrected chi connectivity index (χ2v) is 7.83. The van der Waals surface area contributed by atoms with E-state index < -0.39 is 0 Å². The van der Waals surface area contributed by atoms with Gasteiger partial charge in [0.05, 0.1) is 0 Å². The Morgan fingerprint density at radius 3 is 2.34 bits per heavy atom. The second-order valence-electron chi connectivity index (χ2n) is 7.83. The molecule has 1 saturated heterocycles. The lowest BCUT2D eigenvalue weighted by molar-refractivity contribution is -0.131. The molecule has 2 heterocycles.